The summed E-state index contributed by atoms with van der Waals surface area (Å²) >= 11 is 0. The van der Waals surface area contributed by atoms with Crippen LogP contribution < -0.4 is 0 Å². The Morgan fingerprint density at radius 1 is 0.950 bits per heavy atom. The van der Waals surface area contributed by atoms with E-state index in [0.717, 1.165) is 5.92 Å². The van der Waals surface area contributed by atoms with Gasteiger partial charge in [0.15, 0.2) is 0 Å². The van der Waals surface area contributed by atoms with Crippen molar-refractivity contribution in [2.24, 2.45) is 5.92 Å². The summed E-state index contributed by atoms with van der Waals surface area (Å²) in [6.45, 7) is 4.59. The van der Waals surface area contributed by atoms with Crippen molar-refractivity contribution in [1.29, 1.82) is 0 Å². The van der Waals surface area contributed by atoms with E-state index in [0.29, 0.717) is 0 Å². The van der Waals surface area contributed by atoms with Gasteiger partial charge in [0, 0.05) is 0 Å². The van der Waals surface area contributed by atoms with E-state index < -0.39 is 0 Å². The first kappa shape index (κ1) is 15.6. The lowest BCUT2D eigenvalue weighted by molar-refractivity contribution is 0.408. The zero-order valence-electron chi connectivity index (χ0n) is 13.6. The molecule has 1 aliphatic carbocycles. The lowest BCUT2D eigenvalue weighted by Gasteiger charge is -2.25. The maximum absolute atomic E-state index is 2.51. The van der Waals surface area contributed by atoms with Crippen molar-refractivity contribution < 1.29 is 0 Å². The van der Waals surface area contributed by atoms with Crippen molar-refractivity contribution in [1.82, 2.24) is 0 Å². The number of benzene rings is 1. The SMILES string of the molecule is CCCCCc1ccc2c(c1)CCC(CCCCC)C2. The molecular formula is C20H32. The fourth-order valence-corrected chi connectivity index (χ4v) is 3.55. The molecule has 0 N–H and O–H groups in total. The maximum atomic E-state index is 2.51. The normalized spacial score (nSPS) is 18.0. The minimum absolute atomic E-state index is 0.958. The largest absolute Gasteiger partial charge is 0.0654 e. The minimum Gasteiger partial charge on any atom is -0.0654 e. The van der Waals surface area contributed by atoms with Crippen LogP contribution in [-0.2, 0) is 19.3 Å². The van der Waals surface area contributed by atoms with E-state index >= 15 is 0 Å². The number of unbranched alkanes of at least 4 members (excludes halogenated alkanes) is 4. The molecule has 0 spiro atoms. The monoisotopic (exact) mass is 272 g/mol. The first-order valence-corrected chi connectivity index (χ1v) is 8.94. The van der Waals surface area contributed by atoms with Crippen LogP contribution in [0, 0.1) is 5.92 Å². The molecule has 1 aromatic rings. The smallest absolute Gasteiger partial charge is 0.0248 e. The fourth-order valence-electron chi connectivity index (χ4n) is 3.55. The highest BCUT2D eigenvalue weighted by Crippen LogP contribution is 2.29. The van der Waals surface area contributed by atoms with Gasteiger partial charge in [-0.3, -0.25) is 0 Å². The van der Waals surface area contributed by atoms with E-state index in [1.54, 1.807) is 16.7 Å². The third-order valence-corrected chi connectivity index (χ3v) is 4.89. The molecule has 2 rings (SSSR count). The molecule has 0 aromatic heterocycles. The maximum Gasteiger partial charge on any atom is -0.0248 e. The molecule has 0 saturated heterocycles. The number of aryl methyl sites for hydroxylation is 2. The van der Waals surface area contributed by atoms with Crippen molar-refractivity contribution in [3.05, 3.63) is 34.9 Å². The van der Waals surface area contributed by atoms with Gasteiger partial charge in [-0.05, 0) is 54.7 Å². The van der Waals surface area contributed by atoms with Crippen LogP contribution in [-0.4, -0.2) is 0 Å². The summed E-state index contributed by atoms with van der Waals surface area (Å²) in [4.78, 5) is 0. The highest BCUT2D eigenvalue weighted by molar-refractivity contribution is 5.34. The van der Waals surface area contributed by atoms with E-state index in [1.165, 1.54) is 70.6 Å². The molecule has 20 heavy (non-hydrogen) atoms. The summed E-state index contributed by atoms with van der Waals surface area (Å²) in [5.41, 5.74) is 4.88. The van der Waals surface area contributed by atoms with Crippen LogP contribution in [0.25, 0.3) is 0 Å². The molecule has 0 heteroatoms. The van der Waals surface area contributed by atoms with Crippen molar-refractivity contribution in [3.8, 4) is 0 Å². The molecule has 0 radical (unpaired) electrons. The Kier molecular flexibility index (Phi) is 6.63. The summed E-state index contributed by atoms with van der Waals surface area (Å²) < 4.78 is 0. The number of fused-ring (bicyclic) bond motifs is 1. The average Bonchev–Trinajstić information content (AvgIpc) is 2.48. The Morgan fingerprint density at radius 2 is 1.75 bits per heavy atom. The van der Waals surface area contributed by atoms with E-state index in [-0.39, 0.29) is 0 Å². The Balaban J connectivity index is 1.86. The molecule has 0 bridgehead atoms. The van der Waals surface area contributed by atoms with Gasteiger partial charge in [-0.2, -0.15) is 0 Å². The van der Waals surface area contributed by atoms with Crippen LogP contribution in [0.15, 0.2) is 18.2 Å². The van der Waals surface area contributed by atoms with Crippen LogP contribution in [0.3, 0.4) is 0 Å². The average molecular weight is 272 g/mol. The van der Waals surface area contributed by atoms with Gasteiger partial charge < -0.3 is 0 Å². The second kappa shape index (κ2) is 8.49. The Morgan fingerprint density at radius 3 is 2.55 bits per heavy atom. The van der Waals surface area contributed by atoms with Gasteiger partial charge in [0.25, 0.3) is 0 Å². The van der Waals surface area contributed by atoms with Gasteiger partial charge in [0.1, 0.15) is 0 Å². The van der Waals surface area contributed by atoms with E-state index in [1.807, 2.05) is 0 Å². The molecule has 1 unspecified atom stereocenters. The zero-order chi connectivity index (χ0) is 14.2. The molecule has 1 aromatic carbocycles. The molecule has 0 amide bonds. The standard InChI is InChI=1S/C20H32/c1-3-5-7-9-17-11-13-20-16-18(10-8-6-4-2)12-14-19(20)15-17/h11,13,15,18H,3-10,12,14,16H2,1-2H3. The molecule has 0 nitrogen and oxygen atoms in total. The van der Waals surface area contributed by atoms with Gasteiger partial charge in [0.05, 0.1) is 0 Å². The molecule has 112 valence electrons. The second-order valence-electron chi connectivity index (χ2n) is 6.66. The summed E-state index contributed by atoms with van der Waals surface area (Å²) in [5.74, 6) is 0.958. The minimum atomic E-state index is 0.958. The molecule has 0 aliphatic heterocycles. The summed E-state index contributed by atoms with van der Waals surface area (Å²) in [6.07, 6.45) is 15.1. The molecular weight excluding hydrogens is 240 g/mol. The second-order valence-corrected chi connectivity index (χ2v) is 6.66. The predicted octanol–water partition coefficient (Wildman–Crippen LogP) is 6.10. The van der Waals surface area contributed by atoms with Crippen molar-refractivity contribution in [3.63, 3.8) is 0 Å². The first-order valence-electron chi connectivity index (χ1n) is 8.94. The zero-order valence-corrected chi connectivity index (χ0v) is 13.6. The van der Waals surface area contributed by atoms with Gasteiger partial charge in [-0.25, -0.2) is 0 Å². The number of hydrogen-bond acceptors (Lipinski definition) is 0. The van der Waals surface area contributed by atoms with Crippen LogP contribution in [0.5, 0.6) is 0 Å². The van der Waals surface area contributed by atoms with Crippen molar-refractivity contribution in [2.45, 2.75) is 84.5 Å². The topological polar surface area (TPSA) is 0 Å². The lowest BCUT2D eigenvalue weighted by atomic mass is 9.80. The lowest BCUT2D eigenvalue weighted by Crippen LogP contribution is -2.14. The molecule has 0 fully saturated rings. The molecule has 1 atom stereocenters. The Hall–Kier alpha value is -0.780. The van der Waals surface area contributed by atoms with Gasteiger partial charge >= 0.3 is 0 Å². The van der Waals surface area contributed by atoms with Crippen LogP contribution >= 0.6 is 0 Å². The van der Waals surface area contributed by atoms with Gasteiger partial charge in [-0.1, -0.05) is 70.6 Å². The van der Waals surface area contributed by atoms with Crippen molar-refractivity contribution >= 4 is 0 Å². The van der Waals surface area contributed by atoms with E-state index in [2.05, 4.69) is 32.0 Å². The van der Waals surface area contributed by atoms with Crippen LogP contribution in [0.1, 0.15) is 81.9 Å². The predicted molar refractivity (Wildman–Crippen MR) is 89.3 cm³/mol. The summed E-state index contributed by atoms with van der Waals surface area (Å²) in [6, 6.07) is 7.33. The highest BCUT2D eigenvalue weighted by atomic mass is 14.2. The van der Waals surface area contributed by atoms with E-state index in [4.69, 9.17) is 0 Å². The Labute approximate surface area is 126 Å². The van der Waals surface area contributed by atoms with Crippen LogP contribution in [0.2, 0.25) is 0 Å². The summed E-state index contributed by atoms with van der Waals surface area (Å²) in [7, 11) is 0. The molecule has 1 aliphatic rings. The third-order valence-electron chi connectivity index (χ3n) is 4.89. The fraction of sp³-hybridized carbons (Fsp3) is 0.700. The quantitative estimate of drug-likeness (QED) is 0.501. The van der Waals surface area contributed by atoms with E-state index in [9.17, 15) is 0 Å². The number of rotatable bonds is 8. The third kappa shape index (κ3) is 4.65. The highest BCUT2D eigenvalue weighted by Gasteiger charge is 2.18. The number of hydrogen-bond donors (Lipinski definition) is 0. The molecule has 0 saturated carbocycles. The van der Waals surface area contributed by atoms with Crippen molar-refractivity contribution in [2.75, 3.05) is 0 Å². The van der Waals surface area contributed by atoms with Gasteiger partial charge in [0.2, 0.25) is 0 Å². The summed E-state index contributed by atoms with van der Waals surface area (Å²) in [5, 5.41) is 0. The van der Waals surface area contributed by atoms with Crippen LogP contribution in [0.4, 0.5) is 0 Å². The Bertz CT molecular complexity index is 391. The first-order chi connectivity index (χ1) is 9.83. The van der Waals surface area contributed by atoms with Gasteiger partial charge in [-0.15, -0.1) is 0 Å². The molecule has 0 heterocycles.